The van der Waals surface area contributed by atoms with Gasteiger partial charge in [-0.3, -0.25) is 0 Å². The number of para-hydroxylation sites is 2. The third kappa shape index (κ3) is 3.56. The summed E-state index contributed by atoms with van der Waals surface area (Å²) in [5.41, 5.74) is 12.7. The molecule has 50 heavy (non-hydrogen) atoms. The van der Waals surface area contributed by atoms with Crippen LogP contribution in [0.15, 0.2) is 115 Å². The normalized spacial score (nSPS) is 31.0. The van der Waals surface area contributed by atoms with Gasteiger partial charge >= 0.3 is 0 Å². The summed E-state index contributed by atoms with van der Waals surface area (Å²) in [6.07, 6.45) is 8.05. The van der Waals surface area contributed by atoms with Gasteiger partial charge in [-0.2, -0.15) is 0 Å². The average Bonchev–Trinajstić information content (AvgIpc) is 3.66. The van der Waals surface area contributed by atoms with E-state index in [1.54, 1.807) is 0 Å². The molecule has 11 rings (SSSR count). The lowest BCUT2D eigenvalue weighted by molar-refractivity contribution is -0.235. The number of ether oxygens (including phenoxy) is 1. The van der Waals surface area contributed by atoms with E-state index in [0.29, 0.717) is 17.3 Å². The second kappa shape index (κ2) is 9.72. The highest BCUT2D eigenvalue weighted by Gasteiger charge is 2.84. The van der Waals surface area contributed by atoms with E-state index >= 15 is 0 Å². The van der Waals surface area contributed by atoms with Crippen LogP contribution in [0.1, 0.15) is 88.5 Å². The summed E-state index contributed by atoms with van der Waals surface area (Å²) in [7, 11) is 0. The molecule has 1 heterocycles. The molecule has 0 radical (unpaired) electrons. The van der Waals surface area contributed by atoms with Crippen molar-refractivity contribution < 1.29 is 4.74 Å². The Labute approximate surface area is 297 Å². The van der Waals surface area contributed by atoms with Gasteiger partial charge in [0.1, 0.15) is 5.75 Å². The van der Waals surface area contributed by atoms with Crippen molar-refractivity contribution in [2.45, 2.75) is 82.5 Å². The molecule has 6 unspecified atom stereocenters. The molecule has 0 saturated heterocycles. The van der Waals surface area contributed by atoms with Gasteiger partial charge in [0.15, 0.2) is 5.75 Å². The summed E-state index contributed by atoms with van der Waals surface area (Å²) in [5, 5.41) is 0. The zero-order chi connectivity index (χ0) is 33.6. The highest BCUT2D eigenvalue weighted by atomic mass is 16.5. The number of hydrogen-bond donors (Lipinski definition) is 0. The van der Waals surface area contributed by atoms with E-state index in [9.17, 15) is 0 Å². The molecule has 6 aliphatic rings. The molecule has 2 heteroatoms. The van der Waals surface area contributed by atoms with Gasteiger partial charge in [0.25, 0.3) is 0 Å². The molecule has 4 saturated carbocycles. The Morgan fingerprint density at radius 2 is 1.28 bits per heavy atom. The van der Waals surface area contributed by atoms with Crippen LogP contribution in [-0.4, -0.2) is 0 Å². The van der Waals surface area contributed by atoms with E-state index in [4.69, 9.17) is 4.74 Å². The lowest BCUT2D eigenvalue weighted by atomic mass is 9.26. The topological polar surface area (TPSA) is 12.5 Å². The number of fused-ring (bicyclic) bond motifs is 8. The van der Waals surface area contributed by atoms with Crippen LogP contribution < -0.4 is 9.64 Å². The highest BCUT2D eigenvalue weighted by Crippen LogP contribution is 2.89. The molecule has 5 aromatic carbocycles. The Kier molecular flexibility index (Phi) is 5.72. The van der Waals surface area contributed by atoms with Gasteiger partial charge in [-0.1, -0.05) is 100 Å². The van der Waals surface area contributed by atoms with Gasteiger partial charge < -0.3 is 9.64 Å². The molecule has 250 valence electrons. The maximum absolute atomic E-state index is 7.29. The van der Waals surface area contributed by atoms with Crippen molar-refractivity contribution in [3.05, 3.63) is 138 Å². The van der Waals surface area contributed by atoms with Crippen LogP contribution in [0.2, 0.25) is 0 Å². The molecular weight excluding hydrogens is 607 g/mol. The molecule has 0 N–H and O–H groups in total. The third-order valence-electron chi connectivity index (χ3n) is 15.0. The number of hydrogen-bond acceptors (Lipinski definition) is 2. The highest BCUT2D eigenvalue weighted by molar-refractivity contribution is 5.88. The van der Waals surface area contributed by atoms with Crippen LogP contribution >= 0.6 is 0 Å². The maximum atomic E-state index is 7.29. The quantitative estimate of drug-likeness (QED) is 0.191. The standard InChI is InChI=1S/C48H47NO/c1-45(2)21-22-46(3,4)38-28-35(19-20-36(38)45)49(34-15-9-6-10-16-34)40-26-32(31-13-7-5-8-14-31)25-39-44(40)50-41-18-12-11-17-37(41)48(39)42-24-30-23-33-27-43(48)47(33,42)29-30/h5-20,25-26,28,30,33,42-43H,21-24,27,29H2,1-4H3. The fourth-order valence-electron chi connectivity index (χ4n) is 12.8. The largest absolute Gasteiger partial charge is 0.455 e. The molecule has 5 aromatic rings. The van der Waals surface area contributed by atoms with Crippen LogP contribution in [0.5, 0.6) is 11.5 Å². The van der Waals surface area contributed by atoms with Crippen molar-refractivity contribution in [1.29, 1.82) is 0 Å². The van der Waals surface area contributed by atoms with Crippen LogP contribution in [-0.2, 0) is 16.2 Å². The van der Waals surface area contributed by atoms with Crippen molar-refractivity contribution in [2.24, 2.45) is 29.1 Å². The SMILES string of the molecule is CC1(C)CCC(C)(C)c2cc(N(c3ccccc3)c3cc(-c4ccccc4)cc4c3Oc3ccccc3C43C4CC5CC6CC3C64C5)ccc21. The molecule has 2 spiro atoms. The van der Waals surface area contributed by atoms with Gasteiger partial charge in [0.2, 0.25) is 0 Å². The number of rotatable bonds is 4. The zero-order valence-electron chi connectivity index (χ0n) is 29.9. The fraction of sp³-hybridized carbons (Fsp3) is 0.375. The number of nitrogens with zero attached hydrogens (tertiary/aromatic N) is 1. The second-order valence-electron chi connectivity index (χ2n) is 18.1. The summed E-state index contributed by atoms with van der Waals surface area (Å²) in [6.45, 7) is 9.72. The molecule has 6 atom stereocenters. The Hall–Kier alpha value is -4.30. The summed E-state index contributed by atoms with van der Waals surface area (Å²) >= 11 is 0. The van der Waals surface area contributed by atoms with E-state index < -0.39 is 0 Å². The predicted octanol–water partition coefficient (Wildman–Crippen LogP) is 12.6. The Balaban J connectivity index is 1.20. The van der Waals surface area contributed by atoms with Crippen LogP contribution in [0.3, 0.4) is 0 Å². The molecular formula is C48H47NO. The molecule has 4 fully saturated rings. The van der Waals surface area contributed by atoms with Crippen LogP contribution in [0.4, 0.5) is 17.1 Å². The monoisotopic (exact) mass is 653 g/mol. The third-order valence-corrected chi connectivity index (χ3v) is 15.0. The molecule has 1 aliphatic heterocycles. The van der Waals surface area contributed by atoms with E-state index in [-0.39, 0.29) is 16.2 Å². The second-order valence-corrected chi connectivity index (χ2v) is 18.1. The lowest BCUT2D eigenvalue weighted by Gasteiger charge is -2.77. The van der Waals surface area contributed by atoms with Crippen LogP contribution in [0, 0.1) is 29.1 Å². The predicted molar refractivity (Wildman–Crippen MR) is 204 cm³/mol. The first-order chi connectivity index (χ1) is 24.2. The summed E-state index contributed by atoms with van der Waals surface area (Å²) in [6, 6.07) is 43.5. The fourth-order valence-corrected chi connectivity index (χ4v) is 12.8. The summed E-state index contributed by atoms with van der Waals surface area (Å²) in [4.78, 5) is 2.52. The van der Waals surface area contributed by atoms with Gasteiger partial charge in [0.05, 0.1) is 5.69 Å². The average molecular weight is 654 g/mol. The van der Waals surface area contributed by atoms with Gasteiger partial charge in [0, 0.05) is 27.9 Å². The minimum Gasteiger partial charge on any atom is -0.455 e. The van der Waals surface area contributed by atoms with Gasteiger partial charge in [-0.15, -0.1) is 0 Å². The van der Waals surface area contributed by atoms with Crippen molar-refractivity contribution >= 4 is 17.1 Å². The Morgan fingerprint density at radius 3 is 2.06 bits per heavy atom. The summed E-state index contributed by atoms with van der Waals surface area (Å²) in [5.74, 6) is 5.34. The van der Waals surface area contributed by atoms with Crippen molar-refractivity contribution in [3.63, 3.8) is 0 Å². The van der Waals surface area contributed by atoms with E-state index in [0.717, 1.165) is 34.7 Å². The van der Waals surface area contributed by atoms with Gasteiger partial charge in [-0.25, -0.2) is 0 Å². The molecule has 5 aliphatic carbocycles. The first-order valence-corrected chi connectivity index (χ1v) is 19.2. The Morgan fingerprint density at radius 1 is 0.580 bits per heavy atom. The van der Waals surface area contributed by atoms with Crippen molar-refractivity contribution in [3.8, 4) is 22.6 Å². The van der Waals surface area contributed by atoms with E-state index in [1.807, 2.05) is 0 Å². The number of anilines is 3. The number of benzene rings is 5. The first-order valence-electron chi connectivity index (χ1n) is 19.2. The minimum atomic E-state index is -0.000385. The molecule has 2 nitrogen and oxygen atoms in total. The Bertz CT molecular complexity index is 2200. The smallest absolute Gasteiger partial charge is 0.155 e. The summed E-state index contributed by atoms with van der Waals surface area (Å²) < 4.78 is 7.29. The zero-order valence-corrected chi connectivity index (χ0v) is 29.9. The molecule has 0 aromatic heterocycles. The van der Waals surface area contributed by atoms with Crippen molar-refractivity contribution in [2.75, 3.05) is 4.90 Å². The molecule has 2 bridgehead atoms. The van der Waals surface area contributed by atoms with Crippen molar-refractivity contribution in [1.82, 2.24) is 0 Å². The van der Waals surface area contributed by atoms with E-state index in [1.165, 1.54) is 77.6 Å². The van der Waals surface area contributed by atoms with Gasteiger partial charge in [-0.05, 0) is 143 Å². The minimum absolute atomic E-state index is 0.000385. The van der Waals surface area contributed by atoms with Crippen LogP contribution in [0.25, 0.3) is 11.1 Å². The first kappa shape index (κ1) is 29.4. The van der Waals surface area contributed by atoms with E-state index in [2.05, 4.69) is 148 Å². The molecule has 0 amide bonds. The lowest BCUT2D eigenvalue weighted by Crippen LogP contribution is -2.74. The maximum Gasteiger partial charge on any atom is 0.155 e.